The summed E-state index contributed by atoms with van der Waals surface area (Å²) < 4.78 is 17.0. The second-order valence-corrected chi connectivity index (χ2v) is 13.9. The van der Waals surface area contributed by atoms with Gasteiger partial charge in [0, 0.05) is 24.4 Å². The zero-order valence-electron chi connectivity index (χ0n) is 22.4. The van der Waals surface area contributed by atoms with E-state index in [4.69, 9.17) is 14.0 Å². The van der Waals surface area contributed by atoms with Gasteiger partial charge in [-0.25, -0.2) is 0 Å². The maximum Gasteiger partial charge on any atom is 0.291 e. The zero-order chi connectivity index (χ0) is 26.3. The standard InChI is InChI=1S/C27H41N3O6S/c1-15(2)37-23-22(24(32)28-21-18-10-16-9-17(12-18)20(21)13-19(31)11-16)36-29-25(23)35-14-27(3,4)26(33)30-5-7-34-8-6-30/h15-21,31H,5-14H2,1-4H3,(H,28,32)/t16?,17?,18?,19-,20?,21?/m0/s1. The average Bonchev–Trinajstić information content (AvgIpc) is 3.31. The normalized spacial score (nSPS) is 31.5. The maximum atomic E-state index is 13.5. The molecule has 0 spiro atoms. The minimum absolute atomic E-state index is 0.00986. The number of hydrogen-bond acceptors (Lipinski definition) is 8. The van der Waals surface area contributed by atoms with Crippen LogP contribution >= 0.6 is 11.8 Å². The van der Waals surface area contributed by atoms with E-state index in [1.165, 1.54) is 11.8 Å². The van der Waals surface area contributed by atoms with Crippen LogP contribution in [0.25, 0.3) is 0 Å². The third kappa shape index (κ3) is 5.66. The first-order valence-electron chi connectivity index (χ1n) is 13.8. The lowest BCUT2D eigenvalue weighted by atomic mass is 9.79. The molecule has 9 nitrogen and oxygen atoms in total. The summed E-state index contributed by atoms with van der Waals surface area (Å²) in [6.45, 7) is 10.2. The summed E-state index contributed by atoms with van der Waals surface area (Å²) in [5, 5.41) is 18.1. The monoisotopic (exact) mass is 535 g/mol. The highest BCUT2D eigenvalue weighted by molar-refractivity contribution is 8.00. The minimum atomic E-state index is -0.766. The van der Waals surface area contributed by atoms with Crippen molar-refractivity contribution in [2.75, 3.05) is 32.9 Å². The number of thioether (sulfide) groups is 1. The summed E-state index contributed by atoms with van der Waals surface area (Å²) in [6.07, 6.45) is 4.74. The largest absolute Gasteiger partial charge is 0.474 e. The number of fused-ring (bicyclic) bond motifs is 2. The van der Waals surface area contributed by atoms with Crippen LogP contribution in [-0.4, -0.2) is 77.3 Å². The lowest BCUT2D eigenvalue weighted by Crippen LogP contribution is -2.48. The van der Waals surface area contributed by atoms with Crippen molar-refractivity contribution in [3.63, 3.8) is 0 Å². The molecule has 3 saturated carbocycles. The first kappa shape index (κ1) is 26.8. The molecule has 2 N–H and O–H groups in total. The number of morpholine rings is 1. The molecule has 6 atom stereocenters. The van der Waals surface area contributed by atoms with Crippen LogP contribution in [0.15, 0.2) is 9.42 Å². The third-order valence-corrected chi connectivity index (χ3v) is 9.59. The molecule has 4 aliphatic rings. The highest BCUT2D eigenvalue weighted by Gasteiger charge is 2.51. The van der Waals surface area contributed by atoms with E-state index in [1.54, 1.807) is 0 Å². The molecular weight excluding hydrogens is 494 g/mol. The van der Waals surface area contributed by atoms with Crippen molar-refractivity contribution in [3.05, 3.63) is 5.76 Å². The van der Waals surface area contributed by atoms with Gasteiger partial charge in [-0.3, -0.25) is 9.59 Å². The smallest absolute Gasteiger partial charge is 0.291 e. The molecule has 3 bridgehead atoms. The fourth-order valence-corrected chi connectivity index (χ4v) is 7.84. The number of carbonyl (C=O) groups is 2. The lowest BCUT2D eigenvalue weighted by Gasteiger charge is -2.33. The van der Waals surface area contributed by atoms with Gasteiger partial charge in [0.1, 0.15) is 11.5 Å². The lowest BCUT2D eigenvalue weighted by molar-refractivity contribution is -0.146. The van der Waals surface area contributed by atoms with Crippen LogP contribution in [-0.2, 0) is 9.53 Å². The molecule has 1 aromatic heterocycles. The van der Waals surface area contributed by atoms with Crippen molar-refractivity contribution in [2.24, 2.45) is 29.1 Å². The van der Waals surface area contributed by atoms with Crippen LogP contribution in [0.1, 0.15) is 70.4 Å². The van der Waals surface area contributed by atoms with E-state index < -0.39 is 5.41 Å². The summed E-state index contributed by atoms with van der Waals surface area (Å²) in [6, 6.07) is 0.0499. The molecule has 1 saturated heterocycles. The second-order valence-electron chi connectivity index (χ2n) is 12.3. The topological polar surface area (TPSA) is 114 Å². The molecule has 4 fully saturated rings. The molecule has 5 unspecified atom stereocenters. The molecule has 5 rings (SSSR count). The van der Waals surface area contributed by atoms with E-state index in [0.717, 1.165) is 32.1 Å². The van der Waals surface area contributed by atoms with Gasteiger partial charge in [-0.15, -0.1) is 11.8 Å². The number of nitrogens with one attached hydrogen (secondary N) is 1. The summed E-state index contributed by atoms with van der Waals surface area (Å²) in [5.41, 5.74) is -0.766. The number of aliphatic hydroxyl groups excluding tert-OH is 1. The highest BCUT2D eigenvalue weighted by atomic mass is 32.2. The molecule has 2 amide bonds. The summed E-state index contributed by atoms with van der Waals surface area (Å²) in [7, 11) is 0. The molecule has 10 heteroatoms. The molecule has 0 radical (unpaired) electrons. The van der Waals surface area contributed by atoms with Crippen molar-refractivity contribution >= 4 is 23.6 Å². The number of ether oxygens (including phenoxy) is 2. The first-order chi connectivity index (χ1) is 17.6. The van der Waals surface area contributed by atoms with Crippen molar-refractivity contribution in [3.8, 4) is 5.88 Å². The van der Waals surface area contributed by atoms with Gasteiger partial charge in [0.05, 0.1) is 24.7 Å². The van der Waals surface area contributed by atoms with Crippen molar-refractivity contribution in [2.45, 2.75) is 82.1 Å². The summed E-state index contributed by atoms with van der Waals surface area (Å²) >= 11 is 1.48. The van der Waals surface area contributed by atoms with E-state index in [2.05, 4.69) is 10.5 Å². The second kappa shape index (κ2) is 10.8. The number of rotatable bonds is 8. The van der Waals surface area contributed by atoms with Gasteiger partial charge in [-0.1, -0.05) is 13.8 Å². The Morgan fingerprint density at radius 1 is 1.16 bits per heavy atom. The molecule has 2 heterocycles. The maximum absolute atomic E-state index is 13.5. The van der Waals surface area contributed by atoms with Crippen LogP contribution < -0.4 is 10.1 Å². The Hall–Kier alpha value is -1.78. The number of aliphatic hydroxyl groups is 1. The predicted octanol–water partition coefficient (Wildman–Crippen LogP) is 3.35. The zero-order valence-corrected chi connectivity index (χ0v) is 23.2. The van der Waals surface area contributed by atoms with Crippen LogP contribution in [0.2, 0.25) is 0 Å². The van der Waals surface area contributed by atoms with Gasteiger partial charge in [0.15, 0.2) is 0 Å². The van der Waals surface area contributed by atoms with E-state index in [9.17, 15) is 14.7 Å². The number of amides is 2. The van der Waals surface area contributed by atoms with E-state index >= 15 is 0 Å². The Balaban J connectivity index is 1.29. The highest BCUT2D eigenvalue weighted by Crippen LogP contribution is 2.53. The van der Waals surface area contributed by atoms with Crippen LogP contribution in [0.5, 0.6) is 5.88 Å². The van der Waals surface area contributed by atoms with Crippen molar-refractivity contribution in [1.29, 1.82) is 0 Å². The SMILES string of the molecule is CC(C)Sc1c(OCC(C)(C)C(=O)N2CCOCC2)noc1C(=O)NC1C2CC3CC(C2)C1C[C@@H](O)C3. The molecule has 206 valence electrons. The van der Waals surface area contributed by atoms with E-state index in [0.29, 0.717) is 54.9 Å². The third-order valence-electron chi connectivity index (χ3n) is 8.53. The molecule has 1 aromatic rings. The summed E-state index contributed by atoms with van der Waals surface area (Å²) in [5.74, 6) is 2.06. The quantitative estimate of drug-likeness (QED) is 0.487. The van der Waals surface area contributed by atoms with Gasteiger partial charge in [0.2, 0.25) is 11.7 Å². The number of hydrogen-bond donors (Lipinski definition) is 2. The number of aromatic nitrogens is 1. The van der Waals surface area contributed by atoms with Gasteiger partial charge in [-0.05, 0) is 74.8 Å². The van der Waals surface area contributed by atoms with E-state index in [1.807, 2.05) is 32.6 Å². The molecular formula is C27H41N3O6S. The van der Waals surface area contributed by atoms with E-state index in [-0.39, 0.29) is 47.5 Å². The molecule has 1 aliphatic heterocycles. The Morgan fingerprint density at radius 3 is 2.62 bits per heavy atom. The number of carbonyl (C=O) groups excluding carboxylic acids is 2. The number of nitrogens with zero attached hydrogens (tertiary/aromatic N) is 2. The Labute approximate surface area is 223 Å². The van der Waals surface area contributed by atoms with Crippen molar-refractivity contribution < 1.29 is 28.7 Å². The van der Waals surface area contributed by atoms with Crippen LogP contribution in [0, 0.1) is 29.1 Å². The predicted molar refractivity (Wildman–Crippen MR) is 138 cm³/mol. The van der Waals surface area contributed by atoms with Gasteiger partial charge >= 0.3 is 0 Å². The molecule has 3 aliphatic carbocycles. The summed E-state index contributed by atoms with van der Waals surface area (Å²) in [4.78, 5) is 29.0. The fraction of sp³-hybridized carbons (Fsp3) is 0.815. The van der Waals surface area contributed by atoms with Gasteiger partial charge < -0.3 is 29.3 Å². The van der Waals surface area contributed by atoms with Crippen molar-refractivity contribution in [1.82, 2.24) is 15.4 Å². The molecule has 0 aromatic carbocycles. The fourth-order valence-electron chi connectivity index (χ4n) is 6.94. The van der Waals surface area contributed by atoms with Crippen LogP contribution in [0.3, 0.4) is 0 Å². The Morgan fingerprint density at radius 2 is 1.89 bits per heavy atom. The minimum Gasteiger partial charge on any atom is -0.474 e. The molecule has 37 heavy (non-hydrogen) atoms. The Bertz CT molecular complexity index is 991. The van der Waals surface area contributed by atoms with Gasteiger partial charge in [-0.2, -0.15) is 0 Å². The Kier molecular flexibility index (Phi) is 7.80. The van der Waals surface area contributed by atoms with Crippen LogP contribution in [0.4, 0.5) is 0 Å². The van der Waals surface area contributed by atoms with Gasteiger partial charge in [0.25, 0.3) is 11.8 Å². The first-order valence-corrected chi connectivity index (χ1v) is 14.7. The average molecular weight is 536 g/mol.